The lowest BCUT2D eigenvalue weighted by atomic mass is 10.3. The zero-order chi connectivity index (χ0) is 14.8. The van der Waals surface area contributed by atoms with Crippen molar-refractivity contribution in [3.8, 4) is 5.69 Å². The van der Waals surface area contributed by atoms with Gasteiger partial charge < -0.3 is 5.32 Å². The van der Waals surface area contributed by atoms with Gasteiger partial charge in [-0.3, -0.25) is 9.55 Å². The summed E-state index contributed by atoms with van der Waals surface area (Å²) in [4.78, 5) is 4.35. The molecule has 22 heavy (non-hydrogen) atoms. The summed E-state index contributed by atoms with van der Waals surface area (Å²) < 4.78 is 3.15. The number of nitrogens with one attached hydrogen (secondary N) is 1. The highest BCUT2D eigenvalue weighted by Gasteiger charge is 2.08. The van der Waals surface area contributed by atoms with Crippen LogP contribution in [0.15, 0.2) is 60.4 Å². The first kappa shape index (κ1) is 13.0. The molecule has 3 heterocycles. The van der Waals surface area contributed by atoms with Crippen LogP contribution in [0, 0.1) is 0 Å². The summed E-state index contributed by atoms with van der Waals surface area (Å²) in [5, 5.41) is 13.7. The lowest BCUT2D eigenvalue weighted by Gasteiger charge is -2.09. The molecule has 0 bridgehead atoms. The van der Waals surface area contributed by atoms with Crippen molar-refractivity contribution < 1.29 is 0 Å². The van der Waals surface area contributed by atoms with Gasteiger partial charge in [0.15, 0.2) is 5.82 Å². The third kappa shape index (κ3) is 2.33. The van der Waals surface area contributed by atoms with Crippen molar-refractivity contribution in [2.45, 2.75) is 6.54 Å². The second-order valence-electron chi connectivity index (χ2n) is 4.80. The minimum Gasteiger partial charge on any atom is -0.376 e. The maximum atomic E-state index is 4.35. The smallest absolute Gasteiger partial charge is 0.156 e. The number of pyridine rings is 1. The Morgan fingerprint density at radius 2 is 2.00 bits per heavy atom. The summed E-state index contributed by atoms with van der Waals surface area (Å²) in [5.74, 6) is 0.868. The van der Waals surface area contributed by atoms with Crippen LogP contribution in [0.2, 0.25) is 0 Å². The molecule has 4 rings (SSSR count). The summed E-state index contributed by atoms with van der Waals surface area (Å²) in [6.45, 7) is 0.603. The first-order chi connectivity index (χ1) is 10.9. The largest absolute Gasteiger partial charge is 0.376 e. The third-order valence-corrected chi connectivity index (χ3v) is 4.37. The van der Waals surface area contributed by atoms with Crippen LogP contribution in [0.5, 0.6) is 0 Å². The Balaban J connectivity index is 1.61. The molecular weight excluding hydrogens is 294 g/mol. The monoisotopic (exact) mass is 307 g/mol. The Morgan fingerprint density at radius 1 is 1.09 bits per heavy atom. The standard InChI is InChI=1S/C16H13N5S/c1-2-4-12(5-3-1)21-11-19-20-15(21)10-18-13-6-8-17-14-7-9-22-16(13)14/h1-9,11H,10H2,(H,17,18). The van der Waals surface area contributed by atoms with E-state index in [4.69, 9.17) is 0 Å². The fourth-order valence-electron chi connectivity index (χ4n) is 2.37. The quantitative estimate of drug-likeness (QED) is 0.627. The van der Waals surface area contributed by atoms with E-state index < -0.39 is 0 Å². The highest BCUT2D eigenvalue weighted by Crippen LogP contribution is 2.27. The van der Waals surface area contributed by atoms with Crippen molar-refractivity contribution in [3.05, 3.63) is 66.2 Å². The van der Waals surface area contributed by atoms with Crippen LogP contribution in [-0.4, -0.2) is 19.7 Å². The summed E-state index contributed by atoms with van der Waals surface area (Å²) in [6.07, 6.45) is 3.55. The normalized spacial score (nSPS) is 10.9. The predicted octanol–water partition coefficient (Wildman–Crippen LogP) is 3.49. The van der Waals surface area contributed by atoms with Crippen molar-refractivity contribution in [1.82, 2.24) is 19.7 Å². The van der Waals surface area contributed by atoms with Crippen molar-refractivity contribution in [1.29, 1.82) is 0 Å². The van der Waals surface area contributed by atoms with Gasteiger partial charge in [0.2, 0.25) is 0 Å². The molecule has 0 aliphatic heterocycles. The molecule has 0 radical (unpaired) electrons. The van der Waals surface area contributed by atoms with Crippen LogP contribution in [0.3, 0.4) is 0 Å². The number of fused-ring (bicyclic) bond motifs is 1. The number of hydrogen-bond acceptors (Lipinski definition) is 5. The maximum Gasteiger partial charge on any atom is 0.156 e. The fraction of sp³-hybridized carbons (Fsp3) is 0.0625. The maximum absolute atomic E-state index is 4.35. The average Bonchev–Trinajstić information content (AvgIpc) is 3.23. The zero-order valence-corrected chi connectivity index (χ0v) is 12.5. The SMILES string of the molecule is c1ccc(-n2cnnc2CNc2ccnc3ccsc23)cc1. The van der Waals surface area contributed by atoms with Crippen LogP contribution in [0.25, 0.3) is 15.9 Å². The molecule has 0 saturated carbocycles. The number of hydrogen-bond donors (Lipinski definition) is 1. The average molecular weight is 307 g/mol. The van der Waals surface area contributed by atoms with Crippen molar-refractivity contribution in [2.75, 3.05) is 5.32 Å². The van der Waals surface area contributed by atoms with E-state index in [-0.39, 0.29) is 0 Å². The van der Waals surface area contributed by atoms with Crippen LogP contribution in [0.4, 0.5) is 5.69 Å². The van der Waals surface area contributed by atoms with Gasteiger partial charge in [0.25, 0.3) is 0 Å². The van der Waals surface area contributed by atoms with Crippen LogP contribution in [-0.2, 0) is 6.54 Å². The predicted molar refractivity (Wildman–Crippen MR) is 88.3 cm³/mol. The first-order valence-corrected chi connectivity index (χ1v) is 7.80. The fourth-order valence-corrected chi connectivity index (χ4v) is 3.21. The van der Waals surface area contributed by atoms with E-state index in [2.05, 4.69) is 25.9 Å². The number of aromatic nitrogens is 4. The molecular formula is C16H13N5S. The number of para-hydroxylation sites is 1. The number of rotatable bonds is 4. The van der Waals surface area contributed by atoms with Gasteiger partial charge in [-0.2, -0.15) is 0 Å². The van der Waals surface area contributed by atoms with E-state index in [9.17, 15) is 0 Å². The molecule has 5 nitrogen and oxygen atoms in total. The van der Waals surface area contributed by atoms with E-state index in [1.165, 1.54) is 0 Å². The van der Waals surface area contributed by atoms with Gasteiger partial charge in [-0.05, 0) is 29.6 Å². The molecule has 0 spiro atoms. The lowest BCUT2D eigenvalue weighted by Crippen LogP contribution is -2.07. The minimum absolute atomic E-state index is 0.603. The molecule has 0 aliphatic carbocycles. The van der Waals surface area contributed by atoms with E-state index >= 15 is 0 Å². The van der Waals surface area contributed by atoms with Crippen LogP contribution >= 0.6 is 11.3 Å². The van der Waals surface area contributed by atoms with Gasteiger partial charge >= 0.3 is 0 Å². The molecule has 6 heteroatoms. The highest BCUT2D eigenvalue weighted by molar-refractivity contribution is 7.17. The van der Waals surface area contributed by atoms with E-state index in [1.807, 2.05) is 53.2 Å². The second kappa shape index (κ2) is 5.57. The van der Waals surface area contributed by atoms with Gasteiger partial charge in [-0.25, -0.2) is 0 Å². The van der Waals surface area contributed by atoms with Crippen LogP contribution < -0.4 is 5.32 Å². The first-order valence-electron chi connectivity index (χ1n) is 6.92. The Morgan fingerprint density at radius 3 is 2.91 bits per heavy atom. The van der Waals surface area contributed by atoms with E-state index in [0.717, 1.165) is 27.4 Å². The number of benzene rings is 1. The molecule has 0 unspecified atom stereocenters. The number of anilines is 1. The summed E-state index contributed by atoms with van der Waals surface area (Å²) in [6, 6.07) is 14.1. The Hall–Kier alpha value is -2.73. The van der Waals surface area contributed by atoms with Crippen molar-refractivity contribution in [2.24, 2.45) is 0 Å². The lowest BCUT2D eigenvalue weighted by molar-refractivity contribution is 0.891. The Kier molecular flexibility index (Phi) is 3.29. The van der Waals surface area contributed by atoms with Gasteiger partial charge in [0.05, 0.1) is 22.4 Å². The van der Waals surface area contributed by atoms with Crippen LogP contribution in [0.1, 0.15) is 5.82 Å². The van der Waals surface area contributed by atoms with Gasteiger partial charge in [0.1, 0.15) is 6.33 Å². The Bertz CT molecular complexity index is 897. The molecule has 108 valence electrons. The molecule has 1 N–H and O–H groups in total. The van der Waals surface area contributed by atoms with Gasteiger partial charge in [0, 0.05) is 11.9 Å². The highest BCUT2D eigenvalue weighted by atomic mass is 32.1. The van der Waals surface area contributed by atoms with Crippen molar-refractivity contribution >= 4 is 27.2 Å². The molecule has 0 fully saturated rings. The Labute approximate surface area is 131 Å². The van der Waals surface area contributed by atoms with Crippen molar-refractivity contribution in [3.63, 3.8) is 0 Å². The minimum atomic E-state index is 0.603. The summed E-state index contributed by atoms with van der Waals surface area (Å²) in [5.41, 5.74) is 3.14. The molecule has 0 saturated heterocycles. The molecule has 0 amide bonds. The number of thiophene rings is 1. The zero-order valence-electron chi connectivity index (χ0n) is 11.7. The van der Waals surface area contributed by atoms with E-state index in [0.29, 0.717) is 6.54 Å². The molecule has 1 aromatic carbocycles. The molecule has 3 aromatic heterocycles. The van der Waals surface area contributed by atoms with E-state index in [1.54, 1.807) is 17.7 Å². The molecule has 0 aliphatic rings. The van der Waals surface area contributed by atoms with Gasteiger partial charge in [-0.1, -0.05) is 18.2 Å². The molecule has 0 atom stereocenters. The summed E-state index contributed by atoms with van der Waals surface area (Å²) in [7, 11) is 0. The second-order valence-corrected chi connectivity index (χ2v) is 5.72. The third-order valence-electron chi connectivity index (χ3n) is 3.43. The molecule has 4 aromatic rings. The number of nitrogens with zero attached hydrogens (tertiary/aromatic N) is 4. The topological polar surface area (TPSA) is 55.6 Å². The summed E-state index contributed by atoms with van der Waals surface area (Å²) >= 11 is 1.68. The van der Waals surface area contributed by atoms with Gasteiger partial charge in [-0.15, -0.1) is 21.5 Å².